The normalized spacial score (nSPS) is 26.0. The second-order valence-corrected chi connectivity index (χ2v) is 7.18. The molecule has 0 saturated carbocycles. The zero-order valence-electron chi connectivity index (χ0n) is 14.4. The maximum atomic E-state index is 13.1. The fourth-order valence-electron chi connectivity index (χ4n) is 4.19. The lowest BCUT2D eigenvalue weighted by Gasteiger charge is -2.33. The van der Waals surface area contributed by atoms with Crippen LogP contribution in [0.2, 0.25) is 0 Å². The summed E-state index contributed by atoms with van der Waals surface area (Å²) in [6, 6.07) is 5.82. The van der Waals surface area contributed by atoms with E-state index in [4.69, 9.17) is 9.15 Å². The van der Waals surface area contributed by atoms with E-state index in [2.05, 4.69) is 0 Å². The van der Waals surface area contributed by atoms with Gasteiger partial charge in [0.2, 0.25) is 0 Å². The maximum absolute atomic E-state index is 13.1. The van der Waals surface area contributed by atoms with Gasteiger partial charge in [0, 0.05) is 36.6 Å². The van der Waals surface area contributed by atoms with E-state index in [1.807, 2.05) is 32.0 Å². The number of aliphatic carboxylic acids is 1. The topological polar surface area (TPSA) is 80.0 Å². The van der Waals surface area contributed by atoms with E-state index in [9.17, 15) is 14.7 Å². The van der Waals surface area contributed by atoms with Crippen molar-refractivity contribution in [2.24, 2.45) is 11.3 Å². The molecule has 25 heavy (non-hydrogen) atoms. The van der Waals surface area contributed by atoms with Crippen molar-refractivity contribution in [3.8, 4) is 0 Å². The van der Waals surface area contributed by atoms with Gasteiger partial charge >= 0.3 is 5.97 Å². The van der Waals surface area contributed by atoms with Crippen molar-refractivity contribution in [2.45, 2.75) is 20.3 Å². The molecule has 0 spiro atoms. The zero-order chi connectivity index (χ0) is 17.8. The number of carboxylic acids is 1. The van der Waals surface area contributed by atoms with Crippen molar-refractivity contribution in [1.29, 1.82) is 0 Å². The van der Waals surface area contributed by atoms with Crippen molar-refractivity contribution in [2.75, 3.05) is 26.3 Å². The number of carbonyl (C=O) groups excluding carboxylic acids is 1. The highest BCUT2D eigenvalue weighted by Crippen LogP contribution is 2.43. The number of likely N-dealkylation sites (tertiary alicyclic amines) is 1. The molecule has 2 aromatic rings. The molecule has 1 aromatic heterocycles. The number of benzene rings is 1. The monoisotopic (exact) mass is 343 g/mol. The standard InChI is InChI=1S/C19H21NO5/c1-11-4-3-5-14-12(2)16(25-15(11)14)17(21)20-8-13-9-24-7-6-19(13,10-20)18(22)23/h3-5,13H,6-10H2,1-2H3,(H,22,23)/t13-,19+/m0/s1. The lowest BCUT2D eigenvalue weighted by atomic mass is 9.74. The number of carbonyl (C=O) groups is 2. The van der Waals surface area contributed by atoms with Crippen LogP contribution in [0.25, 0.3) is 11.0 Å². The maximum Gasteiger partial charge on any atom is 0.311 e. The summed E-state index contributed by atoms with van der Waals surface area (Å²) in [5, 5.41) is 10.7. The summed E-state index contributed by atoms with van der Waals surface area (Å²) in [4.78, 5) is 26.6. The molecular formula is C19H21NO5. The Kier molecular flexibility index (Phi) is 3.61. The van der Waals surface area contributed by atoms with E-state index in [1.165, 1.54) is 0 Å². The number of amides is 1. The van der Waals surface area contributed by atoms with Gasteiger partial charge in [-0.05, 0) is 25.8 Å². The highest BCUT2D eigenvalue weighted by molar-refractivity contribution is 6.00. The van der Waals surface area contributed by atoms with Crippen LogP contribution in [0.4, 0.5) is 0 Å². The summed E-state index contributed by atoms with van der Waals surface area (Å²) in [5.74, 6) is -0.935. The van der Waals surface area contributed by atoms with Crippen LogP contribution in [0, 0.1) is 25.2 Å². The van der Waals surface area contributed by atoms with Crippen molar-refractivity contribution in [3.63, 3.8) is 0 Å². The van der Waals surface area contributed by atoms with Crippen LogP contribution in [-0.4, -0.2) is 48.2 Å². The number of ether oxygens (including phenoxy) is 1. The first-order valence-corrected chi connectivity index (χ1v) is 8.53. The molecule has 6 heteroatoms. The summed E-state index contributed by atoms with van der Waals surface area (Å²) in [6.07, 6.45) is 0.439. The Morgan fingerprint density at radius 3 is 2.80 bits per heavy atom. The average Bonchev–Trinajstić information content (AvgIpc) is 3.15. The number of hydrogen-bond acceptors (Lipinski definition) is 4. The van der Waals surface area contributed by atoms with Crippen LogP contribution >= 0.6 is 0 Å². The molecule has 2 fully saturated rings. The number of carboxylic acid groups (broad SMARTS) is 1. The van der Waals surface area contributed by atoms with E-state index in [0.29, 0.717) is 31.9 Å². The first kappa shape index (κ1) is 16.1. The second kappa shape index (κ2) is 5.59. The van der Waals surface area contributed by atoms with Gasteiger partial charge < -0.3 is 19.2 Å². The summed E-state index contributed by atoms with van der Waals surface area (Å²) in [7, 11) is 0. The lowest BCUT2D eigenvalue weighted by Crippen LogP contribution is -2.45. The molecule has 2 aliphatic heterocycles. The van der Waals surface area contributed by atoms with E-state index in [1.54, 1.807) is 4.90 Å². The van der Waals surface area contributed by atoms with Gasteiger partial charge in [0.05, 0.1) is 12.0 Å². The molecule has 6 nitrogen and oxygen atoms in total. The summed E-state index contributed by atoms with van der Waals surface area (Å²) in [6.45, 7) is 5.23. The summed E-state index contributed by atoms with van der Waals surface area (Å²) in [5.41, 5.74) is 1.60. The van der Waals surface area contributed by atoms with Crippen molar-refractivity contribution in [1.82, 2.24) is 4.90 Å². The third kappa shape index (κ3) is 2.28. The summed E-state index contributed by atoms with van der Waals surface area (Å²) < 4.78 is 11.3. The van der Waals surface area contributed by atoms with Crippen LogP contribution in [0.5, 0.6) is 0 Å². The van der Waals surface area contributed by atoms with E-state index in [-0.39, 0.29) is 18.4 Å². The molecule has 2 atom stereocenters. The number of fused-ring (bicyclic) bond motifs is 2. The van der Waals surface area contributed by atoms with Gasteiger partial charge in [-0.25, -0.2) is 0 Å². The Labute approximate surface area is 145 Å². The predicted molar refractivity (Wildman–Crippen MR) is 90.6 cm³/mol. The second-order valence-electron chi connectivity index (χ2n) is 7.18. The number of para-hydroxylation sites is 1. The number of nitrogens with zero attached hydrogens (tertiary/aromatic N) is 1. The summed E-state index contributed by atoms with van der Waals surface area (Å²) >= 11 is 0. The quantitative estimate of drug-likeness (QED) is 0.907. The fraction of sp³-hybridized carbons (Fsp3) is 0.474. The molecule has 0 unspecified atom stereocenters. The Bertz CT molecular complexity index is 870. The van der Waals surface area contributed by atoms with Crippen LogP contribution in [0.1, 0.15) is 28.1 Å². The third-order valence-corrected chi connectivity index (χ3v) is 5.77. The first-order valence-electron chi connectivity index (χ1n) is 8.53. The van der Waals surface area contributed by atoms with Gasteiger partial charge in [-0.1, -0.05) is 18.2 Å². The van der Waals surface area contributed by atoms with Crippen LogP contribution in [-0.2, 0) is 9.53 Å². The van der Waals surface area contributed by atoms with Crippen molar-refractivity contribution in [3.05, 3.63) is 35.1 Å². The molecule has 2 aliphatic rings. The van der Waals surface area contributed by atoms with Crippen LogP contribution in [0.15, 0.2) is 22.6 Å². The first-order chi connectivity index (χ1) is 11.9. The van der Waals surface area contributed by atoms with Crippen molar-refractivity contribution < 1.29 is 23.8 Å². The minimum absolute atomic E-state index is 0.172. The SMILES string of the molecule is Cc1c(C(=O)N2C[C@H]3COCC[C@@]3(C(=O)O)C2)oc2c(C)cccc12. The Balaban J connectivity index is 1.69. The Morgan fingerprint density at radius 1 is 1.32 bits per heavy atom. The molecule has 1 aromatic carbocycles. The molecule has 132 valence electrons. The molecule has 1 amide bonds. The fourth-order valence-corrected chi connectivity index (χ4v) is 4.19. The number of aryl methyl sites for hydroxylation is 2. The highest BCUT2D eigenvalue weighted by atomic mass is 16.5. The number of furan rings is 1. The predicted octanol–water partition coefficient (Wildman–Crippen LogP) is 2.61. The average molecular weight is 343 g/mol. The van der Waals surface area contributed by atoms with Gasteiger partial charge in [0.15, 0.2) is 5.76 Å². The van der Waals surface area contributed by atoms with Gasteiger partial charge in [-0.3, -0.25) is 9.59 Å². The molecule has 3 heterocycles. The molecule has 0 bridgehead atoms. The molecule has 4 rings (SSSR count). The van der Waals surface area contributed by atoms with E-state index >= 15 is 0 Å². The van der Waals surface area contributed by atoms with Crippen molar-refractivity contribution >= 4 is 22.8 Å². The molecular weight excluding hydrogens is 322 g/mol. The molecule has 0 aliphatic carbocycles. The smallest absolute Gasteiger partial charge is 0.311 e. The number of rotatable bonds is 2. The molecule has 0 radical (unpaired) electrons. The largest absolute Gasteiger partial charge is 0.481 e. The Hall–Kier alpha value is -2.34. The Morgan fingerprint density at radius 2 is 2.12 bits per heavy atom. The van der Waals surface area contributed by atoms with Gasteiger partial charge in [-0.15, -0.1) is 0 Å². The third-order valence-electron chi connectivity index (χ3n) is 5.77. The van der Waals surface area contributed by atoms with Gasteiger partial charge in [0.1, 0.15) is 5.58 Å². The van der Waals surface area contributed by atoms with Gasteiger partial charge in [-0.2, -0.15) is 0 Å². The number of hydrogen-bond donors (Lipinski definition) is 1. The minimum Gasteiger partial charge on any atom is -0.481 e. The van der Waals surface area contributed by atoms with Gasteiger partial charge in [0.25, 0.3) is 5.91 Å². The van der Waals surface area contributed by atoms with Crippen LogP contribution < -0.4 is 0 Å². The zero-order valence-corrected chi connectivity index (χ0v) is 14.4. The van der Waals surface area contributed by atoms with Crippen LogP contribution in [0.3, 0.4) is 0 Å². The van der Waals surface area contributed by atoms with E-state index < -0.39 is 11.4 Å². The molecule has 2 saturated heterocycles. The lowest BCUT2D eigenvalue weighted by molar-refractivity contribution is -0.157. The highest BCUT2D eigenvalue weighted by Gasteiger charge is 2.55. The van der Waals surface area contributed by atoms with E-state index in [0.717, 1.165) is 22.1 Å². The minimum atomic E-state index is -0.899. The molecule has 1 N–H and O–H groups in total.